The summed E-state index contributed by atoms with van der Waals surface area (Å²) < 4.78 is 0. The third-order valence-corrected chi connectivity index (χ3v) is 3.91. The highest BCUT2D eigenvalue weighted by Gasteiger charge is 2.07. The molecule has 21 heavy (non-hydrogen) atoms. The largest absolute Gasteiger partial charge is 0.258 e. The number of pyridine rings is 2. The molecule has 0 aliphatic rings. The Labute approximate surface area is 152 Å². The van der Waals surface area contributed by atoms with Gasteiger partial charge in [0.15, 0.2) is 0 Å². The number of nitrogens with zero attached hydrogens (tertiary/aromatic N) is 2. The lowest BCUT2D eigenvalue weighted by molar-refractivity contribution is 1.02. The van der Waals surface area contributed by atoms with Crippen molar-refractivity contribution in [1.29, 1.82) is 0 Å². The van der Waals surface area contributed by atoms with Crippen molar-refractivity contribution in [2.24, 2.45) is 0 Å². The van der Waals surface area contributed by atoms with Gasteiger partial charge >= 0.3 is 0 Å². The minimum atomic E-state index is 0.160. The fourth-order valence-electron chi connectivity index (χ4n) is 1.42. The van der Waals surface area contributed by atoms with Crippen molar-refractivity contribution in [1.82, 2.24) is 9.97 Å². The van der Waals surface area contributed by atoms with Crippen molar-refractivity contribution in [3.63, 3.8) is 0 Å². The standard InChI is InChI=1S/C7H6BrCl2N.C7H7Cl2N/c1-4(8)7-6(10)2-5(9)3-11-7;1-2-7-6(9)3-5(8)4-10-7/h2-4H,1H3;3-4H,2H2,1H3. The maximum absolute atomic E-state index is 5.85. The first-order valence-corrected chi connectivity index (χ1v) is 8.52. The van der Waals surface area contributed by atoms with Crippen molar-refractivity contribution in [2.75, 3.05) is 0 Å². The minimum absolute atomic E-state index is 0.160. The SMILES string of the molecule is CC(Br)c1ncc(Cl)cc1Cl.CCc1ncc(Cl)cc1Cl. The average molecular weight is 431 g/mol. The van der Waals surface area contributed by atoms with Crippen LogP contribution in [0.3, 0.4) is 0 Å². The van der Waals surface area contributed by atoms with Crippen LogP contribution >= 0.6 is 62.3 Å². The molecule has 7 heteroatoms. The Morgan fingerprint density at radius 2 is 1.52 bits per heavy atom. The fraction of sp³-hybridized carbons (Fsp3) is 0.286. The van der Waals surface area contributed by atoms with Gasteiger partial charge in [-0.1, -0.05) is 69.3 Å². The zero-order valence-electron chi connectivity index (χ0n) is 11.4. The number of aromatic nitrogens is 2. The van der Waals surface area contributed by atoms with E-state index in [2.05, 4.69) is 25.9 Å². The van der Waals surface area contributed by atoms with E-state index in [9.17, 15) is 0 Å². The molecule has 0 aliphatic heterocycles. The molecule has 1 unspecified atom stereocenters. The van der Waals surface area contributed by atoms with Gasteiger partial charge in [0.1, 0.15) is 0 Å². The summed E-state index contributed by atoms with van der Waals surface area (Å²) in [4.78, 5) is 8.26. The topological polar surface area (TPSA) is 25.8 Å². The Kier molecular flexibility index (Phi) is 8.28. The molecule has 0 amide bonds. The molecular weight excluding hydrogens is 418 g/mol. The van der Waals surface area contributed by atoms with Gasteiger partial charge in [0.2, 0.25) is 0 Å². The van der Waals surface area contributed by atoms with Crippen LogP contribution in [0.25, 0.3) is 0 Å². The summed E-state index contributed by atoms with van der Waals surface area (Å²) in [5.74, 6) is 0. The minimum Gasteiger partial charge on any atom is -0.258 e. The average Bonchev–Trinajstić information content (AvgIpc) is 2.39. The molecule has 2 rings (SSSR count). The molecule has 0 N–H and O–H groups in total. The first-order chi connectivity index (χ1) is 9.85. The number of aryl methyl sites for hydroxylation is 1. The first kappa shape index (κ1) is 19.0. The van der Waals surface area contributed by atoms with Crippen LogP contribution in [0.15, 0.2) is 24.5 Å². The first-order valence-electron chi connectivity index (χ1n) is 6.10. The lowest BCUT2D eigenvalue weighted by Crippen LogP contribution is -1.89. The number of hydrogen-bond acceptors (Lipinski definition) is 2. The van der Waals surface area contributed by atoms with E-state index in [-0.39, 0.29) is 4.83 Å². The molecule has 2 aromatic rings. The fourth-order valence-corrected chi connectivity index (χ4v) is 2.98. The molecule has 0 bridgehead atoms. The molecule has 0 fully saturated rings. The summed E-state index contributed by atoms with van der Waals surface area (Å²) in [6.45, 7) is 3.96. The van der Waals surface area contributed by atoms with Crippen LogP contribution in [0.4, 0.5) is 0 Å². The highest BCUT2D eigenvalue weighted by molar-refractivity contribution is 9.09. The quantitative estimate of drug-likeness (QED) is 0.490. The number of rotatable bonds is 2. The summed E-state index contributed by atoms with van der Waals surface area (Å²) in [6.07, 6.45) is 4.03. The van der Waals surface area contributed by atoms with Crippen molar-refractivity contribution in [3.05, 3.63) is 56.0 Å². The predicted molar refractivity (Wildman–Crippen MR) is 95.2 cm³/mol. The van der Waals surface area contributed by atoms with Crippen molar-refractivity contribution >= 4 is 62.3 Å². The summed E-state index contributed by atoms with van der Waals surface area (Å²) in [6, 6.07) is 3.39. The number of hydrogen-bond donors (Lipinski definition) is 0. The van der Waals surface area contributed by atoms with Crippen LogP contribution in [0.5, 0.6) is 0 Å². The molecular formula is C14H13BrCl4N2. The Morgan fingerprint density at radius 1 is 1.00 bits per heavy atom. The predicted octanol–water partition coefficient (Wildman–Crippen LogP) is 6.80. The molecule has 1 atom stereocenters. The van der Waals surface area contributed by atoms with Gasteiger partial charge in [-0.15, -0.1) is 0 Å². The van der Waals surface area contributed by atoms with Crippen molar-refractivity contribution < 1.29 is 0 Å². The van der Waals surface area contributed by atoms with Gasteiger partial charge in [-0.2, -0.15) is 0 Å². The highest BCUT2D eigenvalue weighted by Crippen LogP contribution is 2.28. The van der Waals surface area contributed by atoms with Crippen LogP contribution in [-0.4, -0.2) is 9.97 Å². The van der Waals surface area contributed by atoms with Gasteiger partial charge in [-0.05, 0) is 25.5 Å². The molecule has 0 saturated heterocycles. The maximum Gasteiger partial charge on any atom is 0.0724 e. The lowest BCUT2D eigenvalue weighted by Gasteiger charge is -2.04. The Balaban J connectivity index is 0.000000211. The molecule has 0 radical (unpaired) electrons. The zero-order chi connectivity index (χ0) is 16.0. The summed E-state index contributed by atoms with van der Waals surface area (Å²) >= 11 is 26.3. The monoisotopic (exact) mass is 428 g/mol. The van der Waals surface area contributed by atoms with Gasteiger partial charge in [-0.25, -0.2) is 0 Å². The van der Waals surface area contributed by atoms with E-state index in [0.29, 0.717) is 20.1 Å². The van der Waals surface area contributed by atoms with Crippen LogP contribution in [0.2, 0.25) is 20.1 Å². The summed E-state index contributed by atoms with van der Waals surface area (Å²) in [5.41, 5.74) is 1.71. The van der Waals surface area contributed by atoms with E-state index >= 15 is 0 Å². The van der Waals surface area contributed by atoms with E-state index in [4.69, 9.17) is 46.4 Å². The molecule has 0 spiro atoms. The van der Waals surface area contributed by atoms with Crippen LogP contribution in [-0.2, 0) is 6.42 Å². The Hall–Kier alpha value is -0.0600. The van der Waals surface area contributed by atoms with Gasteiger partial charge in [-0.3, -0.25) is 9.97 Å². The molecule has 114 valence electrons. The molecule has 0 aromatic carbocycles. The number of halogens is 5. The second-order valence-electron chi connectivity index (χ2n) is 4.07. The maximum atomic E-state index is 5.85. The van der Waals surface area contributed by atoms with Gasteiger partial charge in [0.25, 0.3) is 0 Å². The van der Waals surface area contributed by atoms with E-state index in [1.165, 1.54) is 0 Å². The van der Waals surface area contributed by atoms with Crippen molar-refractivity contribution in [3.8, 4) is 0 Å². The van der Waals surface area contributed by atoms with Crippen molar-refractivity contribution in [2.45, 2.75) is 25.1 Å². The second kappa shape index (κ2) is 9.16. The van der Waals surface area contributed by atoms with Crippen LogP contribution < -0.4 is 0 Å². The highest BCUT2D eigenvalue weighted by atomic mass is 79.9. The third-order valence-electron chi connectivity index (χ3n) is 2.43. The van der Waals surface area contributed by atoms with E-state index in [0.717, 1.165) is 17.8 Å². The molecule has 2 aromatic heterocycles. The van der Waals surface area contributed by atoms with E-state index < -0.39 is 0 Å². The van der Waals surface area contributed by atoms with Gasteiger partial charge < -0.3 is 0 Å². The second-order valence-corrected chi connectivity index (χ2v) is 7.13. The van der Waals surface area contributed by atoms with Gasteiger partial charge in [0, 0.05) is 12.4 Å². The zero-order valence-corrected chi connectivity index (χ0v) is 16.0. The molecule has 0 saturated carbocycles. The summed E-state index contributed by atoms with van der Waals surface area (Å²) in [7, 11) is 0. The van der Waals surface area contributed by atoms with Crippen LogP contribution in [0.1, 0.15) is 30.1 Å². The summed E-state index contributed by atoms with van der Waals surface area (Å²) in [5, 5.41) is 2.39. The normalized spacial score (nSPS) is 11.6. The third kappa shape index (κ3) is 6.29. The molecule has 2 heterocycles. The lowest BCUT2D eigenvalue weighted by atomic mass is 10.3. The smallest absolute Gasteiger partial charge is 0.0724 e. The Bertz CT molecular complexity index is 606. The van der Waals surface area contributed by atoms with Gasteiger partial charge in [0.05, 0.1) is 36.3 Å². The van der Waals surface area contributed by atoms with Crippen LogP contribution in [0, 0.1) is 0 Å². The van der Waals surface area contributed by atoms with E-state index in [1.54, 1.807) is 24.5 Å². The molecule has 0 aliphatic carbocycles. The molecule has 2 nitrogen and oxygen atoms in total. The van der Waals surface area contributed by atoms with E-state index in [1.807, 2.05) is 13.8 Å². The Morgan fingerprint density at radius 3 is 1.95 bits per heavy atom. The number of alkyl halides is 1.